The van der Waals surface area contributed by atoms with Crippen LogP contribution >= 0.6 is 0 Å². The van der Waals surface area contributed by atoms with E-state index in [9.17, 15) is 4.79 Å². The summed E-state index contributed by atoms with van der Waals surface area (Å²) in [6.45, 7) is 0. The molecule has 0 unspecified atom stereocenters. The van der Waals surface area contributed by atoms with Crippen molar-refractivity contribution >= 4 is 6.29 Å². The van der Waals surface area contributed by atoms with Crippen molar-refractivity contribution in [1.82, 2.24) is 5.32 Å². The molecular weight excluding hydrogens is 138 g/mol. The number of hydrogen-bond acceptors (Lipinski definition) is 2. The Morgan fingerprint density at radius 1 is 1.45 bits per heavy atom. The second-order valence-electron chi connectivity index (χ2n) is 2.31. The molecule has 0 saturated heterocycles. The summed E-state index contributed by atoms with van der Waals surface area (Å²) in [7, 11) is 0. The first kappa shape index (κ1) is 7.79. The lowest BCUT2D eigenvalue weighted by molar-refractivity contribution is -0.107. The second kappa shape index (κ2) is 4.50. The molecule has 0 fully saturated rings. The van der Waals surface area contributed by atoms with Gasteiger partial charge in [0.25, 0.3) is 0 Å². The second-order valence-corrected chi connectivity index (χ2v) is 2.31. The van der Waals surface area contributed by atoms with Crippen LogP contribution in [0.25, 0.3) is 0 Å². The van der Waals surface area contributed by atoms with Crippen LogP contribution in [0.5, 0.6) is 0 Å². The number of hydrogen-bond donors (Lipinski definition) is 1. The molecule has 11 heavy (non-hydrogen) atoms. The van der Waals surface area contributed by atoms with Crippen LogP contribution in [-0.2, 0) is 4.79 Å². The van der Waals surface area contributed by atoms with Crippen LogP contribution in [0.2, 0.25) is 0 Å². The SMILES string of the molecule is O=CCCC1=CC=CNC=C1. The normalized spacial score (nSPS) is 15.1. The Balaban J connectivity index is 2.48. The molecule has 0 radical (unpaired) electrons. The fourth-order valence-electron chi connectivity index (χ4n) is 0.886. The molecule has 1 heterocycles. The fraction of sp³-hybridized carbons (Fsp3) is 0.222. The minimum Gasteiger partial charge on any atom is -0.368 e. The molecule has 1 N–H and O–H groups in total. The van der Waals surface area contributed by atoms with Gasteiger partial charge in [-0.25, -0.2) is 0 Å². The van der Waals surface area contributed by atoms with Gasteiger partial charge >= 0.3 is 0 Å². The predicted octanol–water partition coefficient (Wildman–Crippen LogP) is 1.52. The molecule has 0 aliphatic carbocycles. The Morgan fingerprint density at radius 3 is 3.18 bits per heavy atom. The van der Waals surface area contributed by atoms with Gasteiger partial charge in [-0.3, -0.25) is 0 Å². The predicted molar refractivity (Wildman–Crippen MR) is 44.8 cm³/mol. The largest absolute Gasteiger partial charge is 0.368 e. The van der Waals surface area contributed by atoms with Gasteiger partial charge in [0.15, 0.2) is 0 Å². The first-order valence-corrected chi connectivity index (χ1v) is 3.65. The number of carbonyl (C=O) groups is 1. The van der Waals surface area contributed by atoms with Gasteiger partial charge in [0, 0.05) is 18.8 Å². The van der Waals surface area contributed by atoms with Gasteiger partial charge in [-0.2, -0.15) is 0 Å². The highest BCUT2D eigenvalue weighted by atomic mass is 16.1. The summed E-state index contributed by atoms with van der Waals surface area (Å²) in [6, 6.07) is 0. The Kier molecular flexibility index (Phi) is 3.19. The first-order chi connectivity index (χ1) is 5.43. The maximum absolute atomic E-state index is 10.0. The van der Waals surface area contributed by atoms with Gasteiger partial charge < -0.3 is 10.1 Å². The Hall–Kier alpha value is -1.31. The number of rotatable bonds is 3. The molecule has 0 aromatic rings. The van der Waals surface area contributed by atoms with Gasteiger partial charge in [-0.05, 0) is 24.1 Å². The highest BCUT2D eigenvalue weighted by Gasteiger charge is 1.91. The third-order valence-corrected chi connectivity index (χ3v) is 1.45. The van der Waals surface area contributed by atoms with E-state index in [0.717, 1.165) is 12.7 Å². The lowest BCUT2D eigenvalue weighted by atomic mass is 10.1. The van der Waals surface area contributed by atoms with Crippen LogP contribution in [-0.4, -0.2) is 6.29 Å². The van der Waals surface area contributed by atoms with Crippen molar-refractivity contribution in [2.75, 3.05) is 0 Å². The topological polar surface area (TPSA) is 29.1 Å². The summed E-state index contributed by atoms with van der Waals surface area (Å²) >= 11 is 0. The van der Waals surface area contributed by atoms with Crippen molar-refractivity contribution in [2.45, 2.75) is 12.8 Å². The average Bonchev–Trinajstić information content (AvgIpc) is 2.28. The zero-order valence-electron chi connectivity index (χ0n) is 6.29. The van der Waals surface area contributed by atoms with Crippen LogP contribution < -0.4 is 5.32 Å². The van der Waals surface area contributed by atoms with E-state index in [1.807, 2.05) is 30.6 Å². The smallest absolute Gasteiger partial charge is 0.120 e. The third-order valence-electron chi connectivity index (χ3n) is 1.45. The van der Waals surface area contributed by atoms with Crippen molar-refractivity contribution < 1.29 is 4.79 Å². The molecule has 0 spiro atoms. The van der Waals surface area contributed by atoms with Gasteiger partial charge in [0.1, 0.15) is 6.29 Å². The zero-order valence-corrected chi connectivity index (χ0v) is 6.29. The van der Waals surface area contributed by atoms with Crippen LogP contribution in [0.3, 0.4) is 0 Å². The third kappa shape index (κ3) is 2.85. The highest BCUT2D eigenvalue weighted by Crippen LogP contribution is 2.06. The van der Waals surface area contributed by atoms with Crippen LogP contribution in [0.1, 0.15) is 12.8 Å². The first-order valence-electron chi connectivity index (χ1n) is 3.65. The number of carbonyl (C=O) groups excluding carboxylic acids is 1. The molecule has 1 aliphatic rings. The van der Waals surface area contributed by atoms with E-state index in [1.54, 1.807) is 0 Å². The van der Waals surface area contributed by atoms with E-state index in [1.165, 1.54) is 5.57 Å². The lowest BCUT2D eigenvalue weighted by Gasteiger charge is -1.93. The molecule has 2 nitrogen and oxygen atoms in total. The molecule has 0 bridgehead atoms. The Labute approximate surface area is 66.3 Å². The standard InChI is InChI=1S/C9H11NO/c11-8-2-4-9-3-1-6-10-7-5-9/h1,3,5-8,10H,2,4H2. The van der Waals surface area contributed by atoms with Crippen molar-refractivity contribution in [2.24, 2.45) is 0 Å². The minimum atomic E-state index is 0.601. The zero-order chi connectivity index (χ0) is 7.94. The summed E-state index contributed by atoms with van der Waals surface area (Å²) in [5.74, 6) is 0. The quantitative estimate of drug-likeness (QED) is 0.616. The van der Waals surface area contributed by atoms with E-state index >= 15 is 0 Å². The summed E-state index contributed by atoms with van der Waals surface area (Å²) in [5.41, 5.74) is 1.18. The maximum atomic E-state index is 10.0. The van der Waals surface area contributed by atoms with Gasteiger partial charge in [0.2, 0.25) is 0 Å². The van der Waals surface area contributed by atoms with Crippen LogP contribution in [0, 0.1) is 0 Å². The molecule has 0 atom stereocenters. The van der Waals surface area contributed by atoms with Gasteiger partial charge in [0.05, 0.1) is 0 Å². The number of allylic oxidation sites excluding steroid dienone is 4. The molecule has 0 aromatic heterocycles. The molecule has 0 saturated carbocycles. The summed E-state index contributed by atoms with van der Waals surface area (Å²) in [4.78, 5) is 10.0. The van der Waals surface area contributed by atoms with Gasteiger partial charge in [-0.15, -0.1) is 0 Å². The Bertz CT molecular complexity index is 214. The molecule has 1 rings (SSSR count). The lowest BCUT2D eigenvalue weighted by Crippen LogP contribution is -1.88. The monoisotopic (exact) mass is 149 g/mol. The van der Waals surface area contributed by atoms with Crippen molar-refractivity contribution in [3.05, 3.63) is 36.2 Å². The van der Waals surface area contributed by atoms with Crippen LogP contribution in [0.15, 0.2) is 36.2 Å². The van der Waals surface area contributed by atoms with Crippen LogP contribution in [0.4, 0.5) is 0 Å². The number of nitrogens with one attached hydrogen (secondary N) is 1. The van der Waals surface area contributed by atoms with Crippen molar-refractivity contribution in [3.8, 4) is 0 Å². The van der Waals surface area contributed by atoms with E-state index < -0.39 is 0 Å². The number of aldehydes is 1. The summed E-state index contributed by atoms with van der Waals surface area (Å²) < 4.78 is 0. The summed E-state index contributed by atoms with van der Waals surface area (Å²) in [5, 5.41) is 2.95. The Morgan fingerprint density at radius 2 is 2.36 bits per heavy atom. The van der Waals surface area contributed by atoms with Crippen molar-refractivity contribution in [1.29, 1.82) is 0 Å². The van der Waals surface area contributed by atoms with Crippen molar-refractivity contribution in [3.63, 3.8) is 0 Å². The van der Waals surface area contributed by atoms with E-state index in [2.05, 4.69) is 5.32 Å². The molecule has 1 aliphatic heterocycles. The summed E-state index contributed by atoms with van der Waals surface area (Å²) in [6.07, 6.45) is 12.0. The average molecular weight is 149 g/mol. The van der Waals surface area contributed by atoms with E-state index in [0.29, 0.717) is 6.42 Å². The molecule has 2 heteroatoms. The van der Waals surface area contributed by atoms with Gasteiger partial charge in [-0.1, -0.05) is 6.08 Å². The molecule has 0 aromatic carbocycles. The molecule has 58 valence electrons. The minimum absolute atomic E-state index is 0.601. The van der Waals surface area contributed by atoms with E-state index in [4.69, 9.17) is 0 Å². The maximum Gasteiger partial charge on any atom is 0.120 e. The fourth-order valence-corrected chi connectivity index (χ4v) is 0.886. The highest BCUT2D eigenvalue weighted by molar-refractivity contribution is 5.50. The molecular formula is C9H11NO. The molecule has 0 amide bonds. The van der Waals surface area contributed by atoms with E-state index in [-0.39, 0.29) is 0 Å².